The minimum atomic E-state index is -2.51. The van der Waals surface area contributed by atoms with Crippen LogP contribution in [0.5, 0.6) is 0 Å². The van der Waals surface area contributed by atoms with E-state index >= 15 is 0 Å². The summed E-state index contributed by atoms with van der Waals surface area (Å²) < 4.78 is 26.1. The molecule has 2 aromatic rings. The van der Waals surface area contributed by atoms with E-state index in [2.05, 4.69) is 22.8 Å². The van der Waals surface area contributed by atoms with Gasteiger partial charge < -0.3 is 33.4 Å². The van der Waals surface area contributed by atoms with Crippen LogP contribution in [0.15, 0.2) is 60.7 Å². The molecule has 0 radical (unpaired) electrons. The van der Waals surface area contributed by atoms with Crippen molar-refractivity contribution in [3.8, 4) is 0 Å². The summed E-state index contributed by atoms with van der Waals surface area (Å²) in [6, 6.07) is 20.1. The van der Waals surface area contributed by atoms with Crippen LogP contribution in [0.25, 0.3) is 0 Å². The minimum absolute atomic E-state index is 0.0196. The molecular weight excluding hydrogens is 404 g/mol. The number of hydrogen-bond acceptors (Lipinski definition) is 7. The molecule has 0 atom stereocenters. The van der Waals surface area contributed by atoms with Crippen molar-refractivity contribution in [2.45, 2.75) is 5.91 Å². The highest BCUT2D eigenvalue weighted by molar-refractivity contribution is 6.61. The fourth-order valence-electron chi connectivity index (χ4n) is 2.46. The molecule has 0 saturated heterocycles. The van der Waals surface area contributed by atoms with Gasteiger partial charge in [0.1, 0.15) is 15.4 Å². The van der Waals surface area contributed by atoms with Crippen molar-refractivity contribution < 1.29 is 22.8 Å². The molecule has 0 heterocycles. The molecule has 29 heavy (non-hydrogen) atoms. The van der Waals surface area contributed by atoms with Crippen LogP contribution in [0, 0.1) is 0 Å². The molecule has 2 rings (SSSR count). The van der Waals surface area contributed by atoms with Gasteiger partial charge in [0.25, 0.3) is 0 Å². The number of para-hydroxylation sites is 2. The number of methoxy groups -OCH3 is 2. The van der Waals surface area contributed by atoms with Gasteiger partial charge in [-0.3, -0.25) is 0 Å². The summed E-state index contributed by atoms with van der Waals surface area (Å²) in [7, 11) is 5.29. The Morgan fingerprint density at radius 3 is 1.59 bits per heavy atom. The zero-order chi connectivity index (χ0) is 21.4. The molecular formula is C20H34N2O5Si2. The van der Waals surface area contributed by atoms with Gasteiger partial charge in [0.05, 0.1) is 6.17 Å². The van der Waals surface area contributed by atoms with Gasteiger partial charge in [0.2, 0.25) is 0 Å². The van der Waals surface area contributed by atoms with Gasteiger partial charge in [0, 0.05) is 53.1 Å². The molecule has 0 bridgehead atoms. The summed E-state index contributed by atoms with van der Waals surface area (Å²) in [6.45, 7) is 0. The lowest BCUT2D eigenvalue weighted by Crippen LogP contribution is -2.49. The van der Waals surface area contributed by atoms with E-state index in [1.54, 1.807) is 35.5 Å². The Kier molecular flexibility index (Phi) is 13.2. The Labute approximate surface area is 177 Å². The van der Waals surface area contributed by atoms with Crippen molar-refractivity contribution in [3.05, 3.63) is 60.7 Å². The highest BCUT2D eigenvalue weighted by atomic mass is 28.4. The van der Waals surface area contributed by atoms with E-state index < -0.39 is 8.80 Å². The third-order valence-electron chi connectivity index (χ3n) is 4.22. The van der Waals surface area contributed by atoms with Crippen LogP contribution in [0.4, 0.5) is 11.4 Å². The lowest BCUT2D eigenvalue weighted by molar-refractivity contribution is -0.0438. The fraction of sp³-hybridized carbons (Fsp3) is 0.400. The van der Waals surface area contributed by atoms with E-state index in [0.29, 0.717) is 6.17 Å². The SMILES string of the molecule is COC(OC)[SiH2]CNc1ccccc1.CO[Si](CNc1ccccc1)(OC)OC. The molecule has 0 aliphatic heterocycles. The predicted molar refractivity (Wildman–Crippen MR) is 123 cm³/mol. The minimum Gasteiger partial charge on any atom is -0.388 e. The quantitative estimate of drug-likeness (QED) is 0.389. The summed E-state index contributed by atoms with van der Waals surface area (Å²) in [5, 5.41) is 6.57. The number of hydrogen-bond donors (Lipinski definition) is 2. The van der Waals surface area contributed by atoms with Crippen LogP contribution in [0.1, 0.15) is 0 Å². The van der Waals surface area contributed by atoms with E-state index in [9.17, 15) is 0 Å². The summed E-state index contributed by atoms with van der Waals surface area (Å²) in [6.07, 6.45) is 1.54. The van der Waals surface area contributed by atoms with Crippen molar-refractivity contribution in [1.29, 1.82) is 0 Å². The summed E-state index contributed by atoms with van der Waals surface area (Å²) in [5.41, 5.74) is 2.19. The largest absolute Gasteiger partial charge is 0.520 e. The van der Waals surface area contributed by atoms with Gasteiger partial charge >= 0.3 is 8.80 Å². The van der Waals surface area contributed by atoms with Gasteiger partial charge in [-0.2, -0.15) is 0 Å². The number of benzene rings is 2. The van der Waals surface area contributed by atoms with E-state index in [0.717, 1.165) is 17.5 Å². The van der Waals surface area contributed by atoms with Crippen LogP contribution in [0.3, 0.4) is 0 Å². The molecule has 0 aromatic heterocycles. The zero-order valence-electron chi connectivity index (χ0n) is 18.0. The Morgan fingerprint density at radius 2 is 1.17 bits per heavy atom. The van der Waals surface area contributed by atoms with Gasteiger partial charge in [-0.1, -0.05) is 36.4 Å². The van der Waals surface area contributed by atoms with Crippen molar-refractivity contribution in [2.75, 3.05) is 58.5 Å². The molecule has 0 amide bonds. The summed E-state index contributed by atoms with van der Waals surface area (Å²) >= 11 is 0. The molecule has 2 aromatic carbocycles. The molecule has 0 fully saturated rings. The molecule has 0 aliphatic carbocycles. The van der Waals surface area contributed by atoms with Crippen molar-refractivity contribution >= 4 is 29.7 Å². The van der Waals surface area contributed by atoms with Crippen LogP contribution in [-0.2, 0) is 22.8 Å². The molecule has 0 saturated carbocycles. The maximum absolute atomic E-state index is 5.29. The number of rotatable bonds is 12. The number of anilines is 2. The van der Waals surface area contributed by atoms with Crippen LogP contribution < -0.4 is 10.6 Å². The Hall–Kier alpha value is -1.73. The number of nitrogens with one attached hydrogen (secondary N) is 2. The smallest absolute Gasteiger partial charge is 0.388 e. The maximum atomic E-state index is 5.29. The number of ether oxygens (including phenoxy) is 2. The first kappa shape index (κ1) is 25.3. The second-order valence-corrected chi connectivity index (χ2v) is 10.7. The Bertz CT molecular complexity index is 621. The third kappa shape index (κ3) is 10.0. The summed E-state index contributed by atoms with van der Waals surface area (Å²) in [5.74, 6) is 0.0196. The highest BCUT2D eigenvalue weighted by Gasteiger charge is 2.37. The molecule has 162 valence electrons. The lowest BCUT2D eigenvalue weighted by Gasteiger charge is -2.24. The van der Waals surface area contributed by atoms with Gasteiger partial charge in [-0.25, -0.2) is 0 Å². The molecule has 2 N–H and O–H groups in total. The lowest BCUT2D eigenvalue weighted by atomic mass is 10.3. The maximum Gasteiger partial charge on any atom is 0.520 e. The van der Waals surface area contributed by atoms with Gasteiger partial charge in [-0.15, -0.1) is 0 Å². The van der Waals surface area contributed by atoms with Crippen LogP contribution in [0.2, 0.25) is 0 Å². The third-order valence-corrected chi connectivity index (χ3v) is 8.38. The monoisotopic (exact) mass is 438 g/mol. The molecule has 9 heteroatoms. The molecule has 0 spiro atoms. The van der Waals surface area contributed by atoms with Crippen molar-refractivity contribution in [3.63, 3.8) is 0 Å². The molecule has 0 unspecified atom stereocenters. The Balaban J connectivity index is 0.000000291. The average Bonchev–Trinajstić information content (AvgIpc) is 2.80. The van der Waals surface area contributed by atoms with Gasteiger partial charge in [0.15, 0.2) is 0 Å². The topological polar surface area (TPSA) is 70.2 Å². The normalized spacial score (nSPS) is 11.4. The average molecular weight is 439 g/mol. The molecule has 0 aliphatic rings. The zero-order valence-corrected chi connectivity index (χ0v) is 20.4. The first-order chi connectivity index (χ1) is 14.1. The summed E-state index contributed by atoms with van der Waals surface area (Å²) in [4.78, 5) is 0. The highest BCUT2D eigenvalue weighted by Crippen LogP contribution is 2.10. The second-order valence-electron chi connectivity index (χ2n) is 6.00. The van der Waals surface area contributed by atoms with E-state index in [-0.39, 0.29) is 15.4 Å². The first-order valence-corrected chi connectivity index (χ1v) is 13.2. The van der Waals surface area contributed by atoms with Crippen molar-refractivity contribution in [2.24, 2.45) is 0 Å². The fourth-order valence-corrected chi connectivity index (χ4v) is 4.95. The molecule has 7 nitrogen and oxygen atoms in total. The second kappa shape index (κ2) is 15.2. The van der Waals surface area contributed by atoms with Crippen LogP contribution in [-0.4, -0.2) is 72.1 Å². The van der Waals surface area contributed by atoms with E-state index in [1.165, 1.54) is 0 Å². The Morgan fingerprint density at radius 1 is 0.724 bits per heavy atom. The van der Waals surface area contributed by atoms with Crippen LogP contribution >= 0.6 is 0 Å². The van der Waals surface area contributed by atoms with E-state index in [1.807, 2.05) is 48.5 Å². The first-order valence-electron chi connectivity index (χ1n) is 9.42. The van der Waals surface area contributed by atoms with E-state index in [4.69, 9.17) is 22.8 Å². The van der Waals surface area contributed by atoms with Gasteiger partial charge in [-0.05, 0) is 24.3 Å². The standard InChI is InChI=1S/C10H17NO3Si.C10H17NO2Si/c1-12-15(13-2,14-3)9-11-10-7-5-4-6-8-10;1-12-10(13-2)14-8-11-9-6-4-3-5-7-9/h4-8,11H,9H2,1-3H3;3-7,10-11H,8,14H2,1-2H3. The van der Waals surface area contributed by atoms with Crippen molar-refractivity contribution in [1.82, 2.24) is 0 Å². The predicted octanol–water partition coefficient (Wildman–Crippen LogP) is 2.32.